The first-order valence-electron chi connectivity index (χ1n) is 19.5. The number of aliphatic carboxylic acids is 1. The maximum absolute atomic E-state index is 12.6. The molecule has 3 atom stereocenters. The highest BCUT2D eigenvalue weighted by molar-refractivity contribution is 7.47. The molecule has 0 bridgehead atoms. The molecule has 0 aliphatic rings. The number of unbranched alkanes of at least 4 members (excludes halogenated alkanes) is 16. The average Bonchev–Trinajstić information content (AvgIpc) is 3.10. The normalized spacial score (nSPS) is 14.3. The molecule has 4 N–H and O–H groups in total. The molecule has 12 heteroatoms. The van der Waals surface area contributed by atoms with Gasteiger partial charge in [0.15, 0.2) is 6.10 Å². The van der Waals surface area contributed by atoms with Gasteiger partial charge in [-0.2, -0.15) is 0 Å². The molecule has 1 unspecified atom stereocenters. The van der Waals surface area contributed by atoms with Gasteiger partial charge in [0.2, 0.25) is 0 Å². The third-order valence-electron chi connectivity index (χ3n) is 8.15. The number of hydrogen-bond donors (Lipinski definition) is 3. The molecule has 0 rings (SSSR count). The third-order valence-corrected chi connectivity index (χ3v) is 9.10. The minimum Gasteiger partial charge on any atom is -0.480 e. The Morgan fingerprint density at radius 1 is 0.627 bits per heavy atom. The van der Waals surface area contributed by atoms with E-state index in [-0.39, 0.29) is 19.4 Å². The van der Waals surface area contributed by atoms with E-state index in [0.29, 0.717) is 12.8 Å². The molecule has 296 valence electrons. The maximum atomic E-state index is 12.6. The highest BCUT2D eigenvalue weighted by Crippen LogP contribution is 2.43. The van der Waals surface area contributed by atoms with Crippen LogP contribution in [-0.4, -0.2) is 59.9 Å². The molecule has 0 aliphatic heterocycles. The molecule has 0 amide bonds. The number of phosphoric acid groups is 1. The lowest BCUT2D eigenvalue weighted by Gasteiger charge is -2.20. The minimum absolute atomic E-state index is 0.159. The second-order valence-corrected chi connectivity index (χ2v) is 14.5. The summed E-state index contributed by atoms with van der Waals surface area (Å²) in [4.78, 5) is 45.8. The number of nitrogens with two attached hydrogens (primary N) is 1. The van der Waals surface area contributed by atoms with Crippen molar-refractivity contribution >= 4 is 25.7 Å². The molecule has 0 heterocycles. The number of carbonyl (C=O) groups is 3. The van der Waals surface area contributed by atoms with Crippen molar-refractivity contribution in [1.29, 1.82) is 0 Å². The fourth-order valence-corrected chi connectivity index (χ4v) is 5.86. The fraction of sp³-hybridized carbons (Fsp3) is 0.769. The van der Waals surface area contributed by atoms with Crippen LogP contribution in [0.3, 0.4) is 0 Å². The molecule has 11 nitrogen and oxygen atoms in total. The predicted molar refractivity (Wildman–Crippen MR) is 203 cm³/mol. The maximum Gasteiger partial charge on any atom is 0.472 e. The summed E-state index contributed by atoms with van der Waals surface area (Å²) in [6.07, 6.45) is 35.0. The number of esters is 2. The number of hydrogen-bond acceptors (Lipinski definition) is 9. The molecular formula is C39H70NO10P. The standard InChI is InChI=1S/C39H70NO10P/c1-3-5-7-9-11-13-15-17-18-19-21-22-24-26-28-30-37(41)47-32-35(33-48-51(45,46)49-34-36(40)39(43)44)50-38(42)31-29-27-25-23-20-16-14-12-10-8-6-4-2/h5,7,11,13,17-18,35-36H,3-4,6,8-10,12,14-16,19-34,40H2,1-2H3,(H,43,44)(H,45,46)/b7-5+,13-11+,18-17+/t35-,36+/m1/s1. The Morgan fingerprint density at radius 3 is 1.65 bits per heavy atom. The molecule has 0 aromatic heterocycles. The van der Waals surface area contributed by atoms with Crippen LogP contribution in [0.15, 0.2) is 36.5 Å². The summed E-state index contributed by atoms with van der Waals surface area (Å²) < 4.78 is 32.6. The lowest BCUT2D eigenvalue weighted by molar-refractivity contribution is -0.161. The summed E-state index contributed by atoms with van der Waals surface area (Å²) in [7, 11) is -4.71. The van der Waals surface area contributed by atoms with Crippen molar-refractivity contribution < 1.29 is 47.5 Å². The first-order chi connectivity index (χ1) is 24.6. The van der Waals surface area contributed by atoms with Crippen LogP contribution in [0.4, 0.5) is 0 Å². The van der Waals surface area contributed by atoms with Gasteiger partial charge in [-0.25, -0.2) is 4.57 Å². The summed E-state index contributed by atoms with van der Waals surface area (Å²) >= 11 is 0. The number of allylic oxidation sites excluding steroid dienone is 6. The monoisotopic (exact) mass is 743 g/mol. The Kier molecular flexibility index (Phi) is 33.2. The van der Waals surface area contributed by atoms with E-state index in [9.17, 15) is 23.8 Å². The topological polar surface area (TPSA) is 172 Å². The predicted octanol–water partition coefficient (Wildman–Crippen LogP) is 9.67. The summed E-state index contributed by atoms with van der Waals surface area (Å²) in [5.74, 6) is -2.40. The molecule has 0 radical (unpaired) electrons. The van der Waals surface area contributed by atoms with Gasteiger partial charge >= 0.3 is 25.7 Å². The first kappa shape index (κ1) is 48.7. The summed E-state index contributed by atoms with van der Waals surface area (Å²) in [5.41, 5.74) is 5.31. The number of phosphoric ester groups is 1. The van der Waals surface area contributed by atoms with E-state index in [4.69, 9.17) is 24.8 Å². The highest BCUT2D eigenvalue weighted by atomic mass is 31.2. The fourth-order valence-electron chi connectivity index (χ4n) is 5.08. The Bertz CT molecular complexity index is 1020. The Balaban J connectivity index is 4.44. The second-order valence-electron chi connectivity index (χ2n) is 13.0. The second kappa shape index (κ2) is 34.8. The molecule has 0 fully saturated rings. The molecule has 0 spiro atoms. The number of carboxylic acids is 1. The molecule has 0 aliphatic carbocycles. The van der Waals surface area contributed by atoms with Crippen molar-refractivity contribution in [1.82, 2.24) is 0 Å². The zero-order chi connectivity index (χ0) is 37.8. The Labute approximate surface area is 308 Å². The molecule has 51 heavy (non-hydrogen) atoms. The van der Waals surface area contributed by atoms with E-state index in [0.717, 1.165) is 70.6 Å². The van der Waals surface area contributed by atoms with E-state index >= 15 is 0 Å². The Hall–Kier alpha value is -2.30. The quantitative estimate of drug-likeness (QED) is 0.0241. The van der Waals surface area contributed by atoms with Gasteiger partial charge < -0.3 is 25.2 Å². The minimum atomic E-state index is -4.71. The zero-order valence-electron chi connectivity index (χ0n) is 31.7. The molecule has 0 aromatic rings. The van der Waals surface area contributed by atoms with Crippen molar-refractivity contribution in [2.24, 2.45) is 5.73 Å². The van der Waals surface area contributed by atoms with E-state index in [1.807, 2.05) is 0 Å². The average molecular weight is 744 g/mol. The largest absolute Gasteiger partial charge is 0.480 e. The number of ether oxygens (including phenoxy) is 2. The van der Waals surface area contributed by atoms with Gasteiger partial charge in [0, 0.05) is 12.8 Å². The van der Waals surface area contributed by atoms with Crippen LogP contribution in [0.25, 0.3) is 0 Å². The van der Waals surface area contributed by atoms with E-state index in [2.05, 4.69) is 54.8 Å². The van der Waals surface area contributed by atoms with Crippen molar-refractivity contribution in [3.05, 3.63) is 36.5 Å². The van der Waals surface area contributed by atoms with Crippen molar-refractivity contribution in [2.45, 2.75) is 174 Å². The smallest absolute Gasteiger partial charge is 0.472 e. The lowest BCUT2D eigenvalue weighted by Crippen LogP contribution is -2.34. The van der Waals surface area contributed by atoms with Gasteiger partial charge in [-0.1, -0.05) is 140 Å². The van der Waals surface area contributed by atoms with Crippen molar-refractivity contribution in [3.63, 3.8) is 0 Å². The Morgan fingerprint density at radius 2 is 1.10 bits per heavy atom. The van der Waals surface area contributed by atoms with Gasteiger partial charge in [-0.05, 0) is 44.9 Å². The van der Waals surface area contributed by atoms with Gasteiger partial charge in [-0.15, -0.1) is 0 Å². The van der Waals surface area contributed by atoms with E-state index in [1.54, 1.807) is 0 Å². The third kappa shape index (κ3) is 34.5. The zero-order valence-corrected chi connectivity index (χ0v) is 32.6. The summed E-state index contributed by atoms with van der Waals surface area (Å²) in [5, 5.41) is 8.86. The van der Waals surface area contributed by atoms with Crippen LogP contribution >= 0.6 is 7.82 Å². The van der Waals surface area contributed by atoms with Crippen LogP contribution in [0.2, 0.25) is 0 Å². The SMILES string of the molecule is CC/C=C/C/C=C/C/C=C/CCCCCCCC(=O)OC[C@H](COP(=O)(O)OC[C@H](N)C(=O)O)OC(=O)CCCCCCCCCCCCCC. The number of carboxylic acid groups (broad SMARTS) is 1. The first-order valence-corrected chi connectivity index (χ1v) is 21.0. The van der Waals surface area contributed by atoms with Crippen LogP contribution in [-0.2, 0) is 37.5 Å². The molecule has 0 saturated carbocycles. The molecular weight excluding hydrogens is 673 g/mol. The van der Waals surface area contributed by atoms with Crippen LogP contribution in [0.1, 0.15) is 162 Å². The summed E-state index contributed by atoms with van der Waals surface area (Å²) in [6, 6.07) is -1.52. The van der Waals surface area contributed by atoms with Gasteiger partial charge in [0.1, 0.15) is 12.6 Å². The molecule has 0 saturated heterocycles. The number of carbonyl (C=O) groups excluding carboxylic acids is 2. The van der Waals surface area contributed by atoms with Crippen LogP contribution in [0.5, 0.6) is 0 Å². The summed E-state index contributed by atoms with van der Waals surface area (Å²) in [6.45, 7) is 2.65. The van der Waals surface area contributed by atoms with Gasteiger partial charge in [-0.3, -0.25) is 23.4 Å². The van der Waals surface area contributed by atoms with Gasteiger partial charge in [0.25, 0.3) is 0 Å². The van der Waals surface area contributed by atoms with Crippen molar-refractivity contribution in [2.75, 3.05) is 19.8 Å². The highest BCUT2D eigenvalue weighted by Gasteiger charge is 2.28. The lowest BCUT2D eigenvalue weighted by atomic mass is 10.0. The number of rotatable bonds is 36. The van der Waals surface area contributed by atoms with Crippen LogP contribution < -0.4 is 5.73 Å². The van der Waals surface area contributed by atoms with E-state index in [1.165, 1.54) is 51.4 Å². The van der Waals surface area contributed by atoms with Crippen LogP contribution in [0, 0.1) is 0 Å². The molecule has 0 aromatic carbocycles. The van der Waals surface area contributed by atoms with E-state index < -0.39 is 51.1 Å². The van der Waals surface area contributed by atoms with Gasteiger partial charge in [0.05, 0.1) is 13.2 Å². The van der Waals surface area contributed by atoms with Crippen molar-refractivity contribution in [3.8, 4) is 0 Å².